The van der Waals surface area contributed by atoms with E-state index in [2.05, 4.69) is 15.3 Å². The Labute approximate surface area is 140 Å². The standard InChI is InChI=1S/C18H20N4O2/c1-11-5-6-14-12(2)16(24-15(14)7-11)17(23)22(4)10-13-8-20-18(19-3)21-9-13/h5-9H,10H2,1-4H3,(H,19,20,21). The Morgan fingerprint density at radius 2 is 1.96 bits per heavy atom. The van der Waals surface area contributed by atoms with E-state index < -0.39 is 0 Å². The topological polar surface area (TPSA) is 71.3 Å². The monoisotopic (exact) mass is 324 g/mol. The van der Waals surface area contributed by atoms with E-state index in [9.17, 15) is 4.79 Å². The Hall–Kier alpha value is -2.89. The summed E-state index contributed by atoms with van der Waals surface area (Å²) in [6, 6.07) is 5.96. The van der Waals surface area contributed by atoms with Gasteiger partial charge in [-0.15, -0.1) is 0 Å². The maximum absolute atomic E-state index is 12.7. The van der Waals surface area contributed by atoms with Crippen molar-refractivity contribution in [1.82, 2.24) is 14.9 Å². The van der Waals surface area contributed by atoms with Gasteiger partial charge in [0.2, 0.25) is 5.95 Å². The normalized spacial score (nSPS) is 10.8. The molecule has 6 heteroatoms. The first-order chi connectivity index (χ1) is 11.5. The smallest absolute Gasteiger partial charge is 0.289 e. The zero-order valence-corrected chi connectivity index (χ0v) is 14.3. The summed E-state index contributed by atoms with van der Waals surface area (Å²) in [6.07, 6.45) is 3.41. The number of hydrogen-bond donors (Lipinski definition) is 1. The third kappa shape index (κ3) is 2.95. The molecule has 1 N–H and O–H groups in total. The van der Waals surface area contributed by atoms with Gasteiger partial charge in [-0.1, -0.05) is 12.1 Å². The first kappa shape index (κ1) is 16.0. The Balaban J connectivity index is 1.83. The van der Waals surface area contributed by atoms with Gasteiger partial charge in [0, 0.05) is 49.5 Å². The molecule has 0 spiro atoms. The van der Waals surface area contributed by atoms with Gasteiger partial charge in [0.15, 0.2) is 5.76 Å². The summed E-state index contributed by atoms with van der Waals surface area (Å²) in [5.41, 5.74) is 3.56. The van der Waals surface area contributed by atoms with Crippen molar-refractivity contribution in [3.63, 3.8) is 0 Å². The predicted molar refractivity (Wildman–Crippen MR) is 93.1 cm³/mol. The number of carbonyl (C=O) groups excluding carboxylic acids is 1. The number of nitrogens with zero attached hydrogens (tertiary/aromatic N) is 3. The fourth-order valence-electron chi connectivity index (χ4n) is 2.62. The number of furan rings is 1. The molecule has 2 aromatic heterocycles. The minimum absolute atomic E-state index is 0.154. The summed E-state index contributed by atoms with van der Waals surface area (Å²) in [5.74, 6) is 0.779. The summed E-state index contributed by atoms with van der Waals surface area (Å²) >= 11 is 0. The van der Waals surface area contributed by atoms with E-state index in [0.717, 1.165) is 27.7 Å². The molecule has 0 atom stereocenters. The van der Waals surface area contributed by atoms with Crippen LogP contribution in [0.25, 0.3) is 11.0 Å². The van der Waals surface area contributed by atoms with Crippen LogP contribution in [0.3, 0.4) is 0 Å². The van der Waals surface area contributed by atoms with Crippen LogP contribution in [-0.2, 0) is 6.54 Å². The van der Waals surface area contributed by atoms with Crippen LogP contribution in [0, 0.1) is 13.8 Å². The molecule has 0 aliphatic carbocycles. The predicted octanol–water partition coefficient (Wildman–Crippen LogP) is 3.15. The summed E-state index contributed by atoms with van der Waals surface area (Å²) in [5, 5.41) is 3.84. The molecule has 1 aromatic carbocycles. The first-order valence-corrected chi connectivity index (χ1v) is 7.73. The first-order valence-electron chi connectivity index (χ1n) is 7.73. The average Bonchev–Trinajstić information content (AvgIpc) is 2.90. The molecule has 3 aromatic rings. The van der Waals surface area contributed by atoms with E-state index in [0.29, 0.717) is 18.3 Å². The fraction of sp³-hybridized carbons (Fsp3) is 0.278. The molecule has 0 saturated carbocycles. The summed E-state index contributed by atoms with van der Waals surface area (Å²) in [4.78, 5) is 22.7. The zero-order chi connectivity index (χ0) is 17.3. The maximum atomic E-state index is 12.7. The number of amides is 1. The Morgan fingerprint density at radius 1 is 1.25 bits per heavy atom. The van der Waals surface area contributed by atoms with E-state index in [1.807, 2.05) is 32.0 Å². The number of anilines is 1. The molecule has 1 amide bonds. The number of aryl methyl sites for hydroxylation is 2. The molecule has 3 rings (SSSR count). The lowest BCUT2D eigenvalue weighted by Gasteiger charge is -2.16. The van der Waals surface area contributed by atoms with Gasteiger partial charge in [0.1, 0.15) is 5.58 Å². The van der Waals surface area contributed by atoms with E-state index in [1.165, 1.54) is 0 Å². The van der Waals surface area contributed by atoms with Crippen molar-refractivity contribution in [1.29, 1.82) is 0 Å². The quantitative estimate of drug-likeness (QED) is 0.798. The van der Waals surface area contributed by atoms with Gasteiger partial charge in [-0.3, -0.25) is 4.79 Å². The van der Waals surface area contributed by atoms with Crippen LogP contribution in [0.1, 0.15) is 27.2 Å². The molecule has 2 heterocycles. The van der Waals surface area contributed by atoms with Gasteiger partial charge in [0.05, 0.1) is 0 Å². The molecule has 124 valence electrons. The van der Waals surface area contributed by atoms with Crippen LogP contribution in [0.4, 0.5) is 5.95 Å². The summed E-state index contributed by atoms with van der Waals surface area (Å²) in [6.45, 7) is 4.32. The minimum Gasteiger partial charge on any atom is -0.451 e. The number of aromatic nitrogens is 2. The van der Waals surface area contributed by atoms with Crippen LogP contribution in [0.2, 0.25) is 0 Å². The van der Waals surface area contributed by atoms with Gasteiger partial charge in [0.25, 0.3) is 5.91 Å². The van der Waals surface area contributed by atoms with Crippen molar-refractivity contribution < 1.29 is 9.21 Å². The molecule has 0 bridgehead atoms. The zero-order valence-electron chi connectivity index (χ0n) is 14.3. The van der Waals surface area contributed by atoms with Crippen molar-refractivity contribution >= 4 is 22.8 Å². The lowest BCUT2D eigenvalue weighted by atomic mass is 10.1. The highest BCUT2D eigenvalue weighted by Crippen LogP contribution is 2.27. The molecule has 24 heavy (non-hydrogen) atoms. The van der Waals surface area contributed by atoms with E-state index in [1.54, 1.807) is 31.4 Å². The van der Waals surface area contributed by atoms with Gasteiger partial charge >= 0.3 is 0 Å². The van der Waals surface area contributed by atoms with Gasteiger partial charge in [-0.05, 0) is 25.5 Å². The number of carbonyl (C=O) groups is 1. The summed E-state index contributed by atoms with van der Waals surface area (Å²) < 4.78 is 5.80. The number of fused-ring (bicyclic) bond motifs is 1. The second-order valence-corrected chi connectivity index (χ2v) is 5.88. The van der Waals surface area contributed by atoms with E-state index in [-0.39, 0.29) is 5.91 Å². The van der Waals surface area contributed by atoms with E-state index >= 15 is 0 Å². The highest BCUT2D eigenvalue weighted by Gasteiger charge is 2.21. The fourth-order valence-corrected chi connectivity index (χ4v) is 2.62. The number of hydrogen-bond acceptors (Lipinski definition) is 5. The second-order valence-electron chi connectivity index (χ2n) is 5.88. The molecule has 0 aliphatic heterocycles. The largest absolute Gasteiger partial charge is 0.451 e. The highest BCUT2D eigenvalue weighted by atomic mass is 16.3. The van der Waals surface area contributed by atoms with Crippen LogP contribution in [-0.4, -0.2) is 34.9 Å². The van der Waals surface area contributed by atoms with Crippen molar-refractivity contribution in [3.8, 4) is 0 Å². The lowest BCUT2D eigenvalue weighted by Crippen LogP contribution is -2.26. The van der Waals surface area contributed by atoms with Crippen molar-refractivity contribution in [3.05, 3.63) is 53.0 Å². The third-order valence-electron chi connectivity index (χ3n) is 3.98. The van der Waals surface area contributed by atoms with Gasteiger partial charge < -0.3 is 14.6 Å². The van der Waals surface area contributed by atoms with Gasteiger partial charge in [-0.25, -0.2) is 9.97 Å². The molecule has 0 unspecified atom stereocenters. The van der Waals surface area contributed by atoms with Gasteiger partial charge in [-0.2, -0.15) is 0 Å². The molecular weight excluding hydrogens is 304 g/mol. The number of nitrogens with one attached hydrogen (secondary N) is 1. The third-order valence-corrected chi connectivity index (χ3v) is 3.98. The number of rotatable bonds is 4. The number of benzene rings is 1. The van der Waals surface area contributed by atoms with Crippen LogP contribution in [0.15, 0.2) is 35.0 Å². The highest BCUT2D eigenvalue weighted by molar-refractivity contribution is 5.98. The SMILES string of the molecule is CNc1ncc(CN(C)C(=O)c2oc3cc(C)ccc3c2C)cn1. The lowest BCUT2D eigenvalue weighted by molar-refractivity contribution is 0.0754. The summed E-state index contributed by atoms with van der Waals surface area (Å²) in [7, 11) is 3.50. The molecule has 0 saturated heterocycles. The van der Waals surface area contributed by atoms with E-state index in [4.69, 9.17) is 4.42 Å². The molecule has 6 nitrogen and oxygen atoms in total. The van der Waals surface area contributed by atoms with Crippen LogP contribution in [0.5, 0.6) is 0 Å². The molecule has 0 aliphatic rings. The average molecular weight is 324 g/mol. The Bertz CT molecular complexity index is 884. The minimum atomic E-state index is -0.154. The van der Waals surface area contributed by atoms with Crippen LogP contribution < -0.4 is 5.32 Å². The molecule has 0 radical (unpaired) electrons. The molecule has 0 fully saturated rings. The van der Waals surface area contributed by atoms with Crippen molar-refractivity contribution in [2.24, 2.45) is 0 Å². The molecular formula is C18H20N4O2. The van der Waals surface area contributed by atoms with Crippen LogP contribution >= 0.6 is 0 Å². The maximum Gasteiger partial charge on any atom is 0.289 e. The second kappa shape index (κ2) is 6.31. The van der Waals surface area contributed by atoms with Crippen molar-refractivity contribution in [2.75, 3.05) is 19.4 Å². The van der Waals surface area contributed by atoms with Crippen molar-refractivity contribution in [2.45, 2.75) is 20.4 Å². The Morgan fingerprint density at radius 3 is 2.62 bits per heavy atom. The Kier molecular flexibility index (Phi) is 4.20.